The van der Waals surface area contributed by atoms with Crippen LogP contribution in [0, 0.1) is 5.41 Å². The van der Waals surface area contributed by atoms with Gasteiger partial charge in [-0.1, -0.05) is 20.8 Å². The predicted octanol–water partition coefficient (Wildman–Crippen LogP) is 5.26. The van der Waals surface area contributed by atoms with Crippen LogP contribution in [0.1, 0.15) is 53.3 Å². The molecule has 32 heavy (non-hydrogen) atoms. The van der Waals surface area contributed by atoms with E-state index in [1.54, 1.807) is 32.4 Å². The van der Waals surface area contributed by atoms with Crippen molar-refractivity contribution in [3.05, 3.63) is 29.5 Å². The Morgan fingerprint density at radius 3 is 2.38 bits per heavy atom. The zero-order chi connectivity index (χ0) is 23.9. The summed E-state index contributed by atoms with van der Waals surface area (Å²) in [5.74, 6) is 1.28. The van der Waals surface area contributed by atoms with Gasteiger partial charge in [-0.25, -0.2) is 8.42 Å². The lowest BCUT2D eigenvalue weighted by Gasteiger charge is -2.30. The van der Waals surface area contributed by atoms with Crippen LogP contribution in [0.25, 0.3) is 0 Å². The van der Waals surface area contributed by atoms with Crippen LogP contribution in [-0.2, 0) is 10.0 Å². The van der Waals surface area contributed by atoms with Crippen molar-refractivity contribution in [3.8, 4) is 5.75 Å². The van der Waals surface area contributed by atoms with Crippen LogP contribution < -0.4 is 10.6 Å². The molecule has 0 radical (unpaired) electrons. The van der Waals surface area contributed by atoms with Gasteiger partial charge in [-0.2, -0.15) is 13.1 Å². The van der Waals surface area contributed by atoms with Gasteiger partial charge < -0.3 is 20.2 Å². The molecule has 0 aliphatic heterocycles. The Balaban J connectivity index is 1.88. The molecule has 12 heteroatoms. The first-order valence-corrected chi connectivity index (χ1v) is 13.0. The number of thiophene rings is 1. The number of furan rings is 1. The Hall–Kier alpha value is -2.15. The molecule has 9 nitrogen and oxygen atoms in total. The maximum atomic E-state index is 13.0. The number of rotatable bonds is 7. The highest BCUT2D eigenvalue weighted by Gasteiger charge is 2.35. The minimum atomic E-state index is -3.86. The second kappa shape index (κ2) is 8.65. The van der Waals surface area contributed by atoms with Crippen molar-refractivity contribution >= 4 is 50.4 Å². The molecule has 3 heterocycles. The number of nitrogens with one attached hydrogen (secondary N) is 2. The summed E-state index contributed by atoms with van der Waals surface area (Å²) in [6.45, 7) is 11.6. The van der Waals surface area contributed by atoms with E-state index >= 15 is 0 Å². The molecule has 0 aliphatic rings. The number of aromatic hydroxyl groups is 1. The maximum Gasteiger partial charge on any atom is 0.256 e. The summed E-state index contributed by atoms with van der Waals surface area (Å²) in [6.07, 6.45) is 1.62. The van der Waals surface area contributed by atoms with E-state index in [-0.39, 0.29) is 27.1 Å². The normalized spacial score (nSPS) is 14.0. The van der Waals surface area contributed by atoms with E-state index in [1.165, 1.54) is 11.4 Å². The SMILES string of the molecule is CN(C(C)(C)C)S(=O)(=O)c1scc(Nc2nsnc2N[C@@H](c2ccco2)C(C)(C)C)c1O. The highest BCUT2D eigenvalue weighted by Crippen LogP contribution is 2.43. The van der Waals surface area contributed by atoms with Crippen LogP contribution in [-0.4, -0.2) is 39.2 Å². The number of aromatic nitrogens is 2. The molecule has 0 spiro atoms. The molecule has 0 saturated carbocycles. The first-order chi connectivity index (χ1) is 14.7. The molecule has 3 aromatic rings. The zero-order valence-electron chi connectivity index (χ0n) is 19.1. The average molecular weight is 500 g/mol. The van der Waals surface area contributed by atoms with Crippen molar-refractivity contribution in [3.63, 3.8) is 0 Å². The van der Waals surface area contributed by atoms with Gasteiger partial charge in [0.1, 0.15) is 5.76 Å². The van der Waals surface area contributed by atoms with Gasteiger partial charge in [0.05, 0.1) is 29.7 Å². The number of anilines is 3. The predicted molar refractivity (Wildman–Crippen MR) is 128 cm³/mol. The van der Waals surface area contributed by atoms with Gasteiger partial charge in [0.15, 0.2) is 21.6 Å². The average Bonchev–Trinajstić information content (AvgIpc) is 3.40. The lowest BCUT2D eigenvalue weighted by Crippen LogP contribution is -2.42. The molecule has 0 aromatic carbocycles. The van der Waals surface area contributed by atoms with E-state index in [4.69, 9.17) is 4.42 Å². The number of sulfonamides is 1. The van der Waals surface area contributed by atoms with Crippen LogP contribution in [0.2, 0.25) is 0 Å². The van der Waals surface area contributed by atoms with E-state index < -0.39 is 15.6 Å². The fourth-order valence-corrected chi connectivity index (χ4v) is 6.27. The maximum absolute atomic E-state index is 13.0. The Labute approximate surface area is 196 Å². The molecular formula is C20H29N5O4S3. The van der Waals surface area contributed by atoms with Gasteiger partial charge in [-0.05, 0) is 38.3 Å². The van der Waals surface area contributed by atoms with E-state index in [0.717, 1.165) is 28.8 Å². The Morgan fingerprint density at radius 2 is 1.81 bits per heavy atom. The van der Waals surface area contributed by atoms with Crippen molar-refractivity contribution in [2.24, 2.45) is 5.41 Å². The van der Waals surface area contributed by atoms with Crippen molar-refractivity contribution in [1.82, 2.24) is 13.1 Å². The standard InChI is InChI=1S/C20H29N5O4S3/c1-19(2,3)15(13-9-8-10-29-13)22-17-16(23-31-24-17)21-12-11-30-18(14(12)26)32(27,28)25(7)20(4,5)6/h8-11,15,26H,1-7H3,(H,21,23)(H,22,24)/t15-/m0/s1. The number of hydrogen-bond acceptors (Lipinski definition) is 10. The molecule has 3 aromatic heterocycles. The number of nitrogens with zero attached hydrogens (tertiary/aromatic N) is 3. The first kappa shape index (κ1) is 24.5. The van der Waals surface area contributed by atoms with E-state index in [9.17, 15) is 13.5 Å². The van der Waals surface area contributed by atoms with Crippen LogP contribution in [0.4, 0.5) is 17.3 Å². The van der Waals surface area contributed by atoms with E-state index in [2.05, 4.69) is 40.2 Å². The van der Waals surface area contributed by atoms with Gasteiger partial charge in [0.2, 0.25) is 0 Å². The Morgan fingerprint density at radius 1 is 1.16 bits per heavy atom. The summed E-state index contributed by atoms with van der Waals surface area (Å²) in [6, 6.07) is 3.53. The van der Waals surface area contributed by atoms with Crippen LogP contribution in [0.5, 0.6) is 5.75 Å². The summed E-state index contributed by atoms with van der Waals surface area (Å²) in [5.41, 5.74) is -0.578. The fraction of sp³-hybridized carbons (Fsp3) is 0.500. The monoisotopic (exact) mass is 499 g/mol. The summed E-state index contributed by atoms with van der Waals surface area (Å²) >= 11 is 1.95. The Kier molecular flexibility index (Phi) is 6.62. The summed E-state index contributed by atoms with van der Waals surface area (Å²) in [4.78, 5) is 0. The van der Waals surface area contributed by atoms with E-state index in [1.807, 2.05) is 12.1 Å². The van der Waals surface area contributed by atoms with Gasteiger partial charge >= 0.3 is 0 Å². The van der Waals surface area contributed by atoms with Crippen molar-refractivity contribution in [2.45, 2.75) is 57.3 Å². The second-order valence-electron chi connectivity index (χ2n) is 9.47. The molecule has 0 amide bonds. The van der Waals surface area contributed by atoms with Crippen molar-refractivity contribution < 1.29 is 17.9 Å². The lowest BCUT2D eigenvalue weighted by molar-refractivity contribution is 0.291. The highest BCUT2D eigenvalue weighted by molar-refractivity contribution is 7.91. The van der Waals surface area contributed by atoms with E-state index in [0.29, 0.717) is 11.6 Å². The zero-order valence-corrected chi connectivity index (χ0v) is 21.6. The van der Waals surface area contributed by atoms with Crippen molar-refractivity contribution in [1.29, 1.82) is 0 Å². The smallest absolute Gasteiger partial charge is 0.256 e. The highest BCUT2D eigenvalue weighted by atomic mass is 32.2. The lowest BCUT2D eigenvalue weighted by atomic mass is 9.85. The third kappa shape index (κ3) is 4.92. The summed E-state index contributed by atoms with van der Waals surface area (Å²) in [7, 11) is -2.37. The van der Waals surface area contributed by atoms with Crippen LogP contribution in [0.3, 0.4) is 0 Å². The largest absolute Gasteiger partial charge is 0.504 e. The minimum Gasteiger partial charge on any atom is -0.504 e. The molecule has 0 saturated heterocycles. The van der Waals surface area contributed by atoms with Crippen LogP contribution in [0.15, 0.2) is 32.4 Å². The van der Waals surface area contributed by atoms with Gasteiger partial charge in [0.25, 0.3) is 10.0 Å². The molecule has 0 unspecified atom stereocenters. The quantitative estimate of drug-likeness (QED) is 0.402. The molecule has 0 fully saturated rings. The second-order valence-corrected chi connectivity index (χ2v) is 13.0. The molecular weight excluding hydrogens is 470 g/mol. The third-order valence-corrected chi connectivity index (χ3v) is 9.13. The molecule has 176 valence electrons. The molecule has 3 N–H and O–H groups in total. The fourth-order valence-electron chi connectivity index (χ4n) is 2.89. The van der Waals surface area contributed by atoms with Gasteiger partial charge in [0, 0.05) is 18.0 Å². The van der Waals surface area contributed by atoms with Crippen LogP contribution >= 0.6 is 23.1 Å². The third-order valence-electron chi connectivity index (χ3n) is 4.99. The summed E-state index contributed by atoms with van der Waals surface area (Å²) < 4.78 is 41.3. The van der Waals surface area contributed by atoms with Gasteiger partial charge in [-0.3, -0.25) is 0 Å². The van der Waals surface area contributed by atoms with Gasteiger partial charge in [-0.15, -0.1) is 11.3 Å². The topological polar surface area (TPSA) is 121 Å². The number of hydrogen-bond donors (Lipinski definition) is 3. The molecule has 0 aliphatic carbocycles. The molecule has 3 rings (SSSR count). The van der Waals surface area contributed by atoms with Crippen molar-refractivity contribution in [2.75, 3.05) is 17.7 Å². The minimum absolute atomic E-state index is 0.127. The summed E-state index contributed by atoms with van der Waals surface area (Å²) in [5, 5.41) is 18.6. The first-order valence-electron chi connectivity index (χ1n) is 9.92. The molecule has 1 atom stereocenters. The Bertz CT molecular complexity index is 1150. The molecule has 0 bridgehead atoms.